The van der Waals surface area contributed by atoms with Gasteiger partial charge in [0.15, 0.2) is 0 Å². The van der Waals surface area contributed by atoms with Crippen LogP contribution in [0, 0.1) is 11.7 Å². The first-order chi connectivity index (χ1) is 12.0. The highest BCUT2D eigenvalue weighted by molar-refractivity contribution is 5.98. The lowest BCUT2D eigenvalue weighted by molar-refractivity contribution is -0.124. The van der Waals surface area contributed by atoms with Gasteiger partial charge in [0.2, 0.25) is 5.91 Å². The van der Waals surface area contributed by atoms with Gasteiger partial charge >= 0.3 is 0 Å². The summed E-state index contributed by atoms with van der Waals surface area (Å²) in [7, 11) is 1.61. The Labute approximate surface area is 146 Å². The van der Waals surface area contributed by atoms with Gasteiger partial charge in [-0.1, -0.05) is 25.1 Å². The van der Waals surface area contributed by atoms with Crippen LogP contribution in [0.1, 0.15) is 30.3 Å². The Kier molecular flexibility index (Phi) is 6.62. The maximum absolute atomic E-state index is 13.5. The van der Waals surface area contributed by atoms with Crippen LogP contribution >= 0.6 is 0 Å². The van der Waals surface area contributed by atoms with Gasteiger partial charge in [-0.2, -0.15) is 0 Å². The summed E-state index contributed by atoms with van der Waals surface area (Å²) < 4.78 is 13.5. The Morgan fingerprint density at radius 1 is 1.24 bits per heavy atom. The van der Waals surface area contributed by atoms with Crippen molar-refractivity contribution in [3.8, 4) is 11.1 Å². The van der Waals surface area contributed by atoms with Gasteiger partial charge in [-0.25, -0.2) is 4.39 Å². The van der Waals surface area contributed by atoms with E-state index in [0.717, 1.165) is 0 Å². The number of aromatic nitrogens is 1. The predicted octanol–water partition coefficient (Wildman–Crippen LogP) is 2.78. The van der Waals surface area contributed by atoms with Gasteiger partial charge in [0.25, 0.3) is 5.91 Å². The molecular formula is C19H22FN3O2. The quantitative estimate of drug-likeness (QED) is 0.760. The van der Waals surface area contributed by atoms with Crippen LogP contribution in [-0.2, 0) is 4.79 Å². The number of nitrogens with one attached hydrogen (secondary N) is 2. The second-order valence-electron chi connectivity index (χ2n) is 5.82. The SMILES string of the molecule is CNC(=O)[C@@H](C)CCCNC(=O)c1ncccc1-c1cccc(F)c1. The standard InChI is InChI=1S/C19H22FN3O2/c1-13(18(24)21-2)6-4-11-23-19(25)17-16(9-5-10-22-17)14-7-3-8-15(20)12-14/h3,5,7-10,12-13H,4,6,11H2,1-2H3,(H,21,24)(H,23,25)/t13-/m0/s1. The first-order valence-corrected chi connectivity index (χ1v) is 8.23. The third kappa shape index (κ3) is 5.11. The van der Waals surface area contributed by atoms with Crippen molar-refractivity contribution in [2.24, 2.45) is 5.92 Å². The number of amides is 2. The molecule has 0 fully saturated rings. The molecule has 2 N–H and O–H groups in total. The average molecular weight is 343 g/mol. The summed E-state index contributed by atoms with van der Waals surface area (Å²) in [6.07, 6.45) is 2.90. The molecule has 0 aliphatic carbocycles. The molecule has 0 unspecified atom stereocenters. The number of hydrogen-bond acceptors (Lipinski definition) is 3. The Bertz CT molecular complexity index is 749. The second kappa shape index (κ2) is 8.92. The Hall–Kier alpha value is -2.76. The predicted molar refractivity (Wildman–Crippen MR) is 94.4 cm³/mol. The van der Waals surface area contributed by atoms with Crippen molar-refractivity contribution in [1.29, 1.82) is 0 Å². The Morgan fingerprint density at radius 2 is 2.04 bits per heavy atom. The van der Waals surface area contributed by atoms with Crippen LogP contribution in [0.15, 0.2) is 42.6 Å². The van der Waals surface area contributed by atoms with E-state index >= 15 is 0 Å². The lowest BCUT2D eigenvalue weighted by Gasteiger charge is -2.11. The molecule has 0 spiro atoms. The van der Waals surface area contributed by atoms with Crippen LogP contribution in [0.2, 0.25) is 0 Å². The van der Waals surface area contributed by atoms with Crippen LogP contribution < -0.4 is 10.6 Å². The van der Waals surface area contributed by atoms with E-state index in [1.54, 1.807) is 31.3 Å². The highest BCUT2D eigenvalue weighted by Crippen LogP contribution is 2.22. The van der Waals surface area contributed by atoms with Crippen molar-refractivity contribution >= 4 is 11.8 Å². The minimum atomic E-state index is -0.365. The molecule has 25 heavy (non-hydrogen) atoms. The molecule has 2 amide bonds. The minimum Gasteiger partial charge on any atom is -0.359 e. The summed E-state index contributed by atoms with van der Waals surface area (Å²) in [6.45, 7) is 2.29. The smallest absolute Gasteiger partial charge is 0.270 e. The molecular weight excluding hydrogens is 321 g/mol. The third-order valence-corrected chi connectivity index (χ3v) is 3.95. The molecule has 1 heterocycles. The molecule has 5 nitrogen and oxygen atoms in total. The maximum atomic E-state index is 13.5. The average Bonchev–Trinajstić information content (AvgIpc) is 2.64. The fourth-order valence-corrected chi connectivity index (χ4v) is 2.55. The van der Waals surface area contributed by atoms with E-state index in [2.05, 4.69) is 15.6 Å². The van der Waals surface area contributed by atoms with E-state index in [4.69, 9.17) is 0 Å². The second-order valence-corrected chi connectivity index (χ2v) is 5.82. The van der Waals surface area contributed by atoms with Gasteiger partial charge < -0.3 is 10.6 Å². The topological polar surface area (TPSA) is 71.1 Å². The van der Waals surface area contributed by atoms with Gasteiger partial charge in [-0.3, -0.25) is 14.6 Å². The van der Waals surface area contributed by atoms with Gasteiger partial charge in [0.05, 0.1) is 0 Å². The maximum Gasteiger partial charge on any atom is 0.270 e. The highest BCUT2D eigenvalue weighted by Gasteiger charge is 2.15. The van der Waals surface area contributed by atoms with Crippen molar-refractivity contribution in [3.05, 3.63) is 54.1 Å². The fraction of sp³-hybridized carbons (Fsp3) is 0.316. The Morgan fingerprint density at radius 3 is 2.76 bits per heavy atom. The first-order valence-electron chi connectivity index (χ1n) is 8.23. The van der Waals surface area contributed by atoms with E-state index in [0.29, 0.717) is 30.5 Å². The number of benzene rings is 1. The molecule has 0 aliphatic heterocycles. The zero-order chi connectivity index (χ0) is 18.2. The number of hydrogen-bond donors (Lipinski definition) is 2. The summed E-state index contributed by atoms with van der Waals surface area (Å²) in [6, 6.07) is 9.51. The zero-order valence-corrected chi connectivity index (χ0v) is 14.4. The molecule has 0 radical (unpaired) electrons. The van der Waals surface area contributed by atoms with Gasteiger partial charge in [-0.05, 0) is 36.6 Å². The molecule has 132 valence electrons. The van der Waals surface area contributed by atoms with Crippen molar-refractivity contribution < 1.29 is 14.0 Å². The van der Waals surface area contributed by atoms with Crippen molar-refractivity contribution in [3.63, 3.8) is 0 Å². The third-order valence-electron chi connectivity index (χ3n) is 3.95. The number of pyridine rings is 1. The summed E-state index contributed by atoms with van der Waals surface area (Å²) in [5.74, 6) is -0.785. The lowest BCUT2D eigenvalue weighted by atomic mass is 10.0. The summed E-state index contributed by atoms with van der Waals surface area (Å²) in [5, 5.41) is 5.41. The van der Waals surface area contributed by atoms with Crippen molar-refractivity contribution in [1.82, 2.24) is 15.6 Å². The normalized spacial score (nSPS) is 11.6. The first kappa shape index (κ1) is 18.6. The highest BCUT2D eigenvalue weighted by atomic mass is 19.1. The molecule has 0 aliphatic rings. The van der Waals surface area contributed by atoms with Crippen LogP contribution in [-0.4, -0.2) is 30.4 Å². The minimum absolute atomic E-state index is 0.00977. The summed E-state index contributed by atoms with van der Waals surface area (Å²) in [5.41, 5.74) is 1.44. The van der Waals surface area contributed by atoms with Crippen LogP contribution in [0.3, 0.4) is 0 Å². The molecule has 2 rings (SSSR count). The van der Waals surface area contributed by atoms with Gasteiger partial charge in [0, 0.05) is 31.3 Å². The molecule has 6 heteroatoms. The van der Waals surface area contributed by atoms with Gasteiger partial charge in [-0.15, -0.1) is 0 Å². The molecule has 0 saturated carbocycles. The largest absolute Gasteiger partial charge is 0.359 e. The van der Waals surface area contributed by atoms with Crippen molar-refractivity contribution in [2.45, 2.75) is 19.8 Å². The van der Waals surface area contributed by atoms with Crippen LogP contribution in [0.5, 0.6) is 0 Å². The summed E-state index contributed by atoms with van der Waals surface area (Å²) >= 11 is 0. The lowest BCUT2D eigenvalue weighted by Crippen LogP contribution is -2.28. The summed E-state index contributed by atoms with van der Waals surface area (Å²) in [4.78, 5) is 28.0. The Balaban J connectivity index is 2.00. The van der Waals surface area contributed by atoms with E-state index < -0.39 is 0 Å². The van der Waals surface area contributed by atoms with E-state index in [9.17, 15) is 14.0 Å². The fourth-order valence-electron chi connectivity index (χ4n) is 2.55. The monoisotopic (exact) mass is 343 g/mol. The molecule has 1 aromatic carbocycles. The van der Waals surface area contributed by atoms with E-state index in [-0.39, 0.29) is 29.2 Å². The number of carbonyl (C=O) groups is 2. The zero-order valence-electron chi connectivity index (χ0n) is 14.4. The molecule has 1 aromatic heterocycles. The number of rotatable bonds is 7. The van der Waals surface area contributed by atoms with E-state index in [1.165, 1.54) is 18.3 Å². The molecule has 2 aromatic rings. The van der Waals surface area contributed by atoms with Crippen LogP contribution in [0.4, 0.5) is 4.39 Å². The number of carbonyl (C=O) groups excluding carboxylic acids is 2. The van der Waals surface area contributed by atoms with Gasteiger partial charge in [0.1, 0.15) is 11.5 Å². The molecule has 1 atom stereocenters. The van der Waals surface area contributed by atoms with Crippen molar-refractivity contribution in [2.75, 3.05) is 13.6 Å². The molecule has 0 bridgehead atoms. The number of nitrogens with zero attached hydrogens (tertiary/aromatic N) is 1. The van der Waals surface area contributed by atoms with Crippen LogP contribution in [0.25, 0.3) is 11.1 Å². The molecule has 0 saturated heterocycles. The van der Waals surface area contributed by atoms with E-state index in [1.807, 2.05) is 6.92 Å². The number of halogens is 1.